The summed E-state index contributed by atoms with van der Waals surface area (Å²) in [5, 5.41) is 15.4. The first-order chi connectivity index (χ1) is 16.1. The van der Waals surface area contributed by atoms with Crippen molar-refractivity contribution in [2.75, 3.05) is 7.11 Å². The van der Waals surface area contributed by atoms with Crippen molar-refractivity contribution in [1.29, 1.82) is 0 Å². The zero-order valence-corrected chi connectivity index (χ0v) is 19.9. The molecule has 0 unspecified atom stereocenters. The Morgan fingerprint density at radius 2 is 2.03 bits per heavy atom. The normalized spacial score (nSPS) is 13.2. The number of aromatic nitrogens is 4. The minimum Gasteiger partial charge on any atom is -0.497 e. The predicted molar refractivity (Wildman–Crippen MR) is 130 cm³/mol. The smallest absolute Gasteiger partial charge is 0.270 e. The van der Waals surface area contributed by atoms with Crippen LogP contribution in [0.1, 0.15) is 33.9 Å². The Balaban J connectivity index is 1.42. The molecule has 7 nitrogen and oxygen atoms in total. The number of nitrogens with one attached hydrogen (secondary N) is 1. The molecule has 33 heavy (non-hydrogen) atoms. The highest BCUT2D eigenvalue weighted by Gasteiger charge is 2.25. The summed E-state index contributed by atoms with van der Waals surface area (Å²) in [5.74, 6) is 2.01. The van der Waals surface area contributed by atoms with Gasteiger partial charge in [0.25, 0.3) is 5.91 Å². The van der Waals surface area contributed by atoms with Gasteiger partial charge in [-0.1, -0.05) is 41.6 Å². The number of methoxy groups -OCH3 is 1. The van der Waals surface area contributed by atoms with Gasteiger partial charge in [0.2, 0.25) is 0 Å². The summed E-state index contributed by atoms with van der Waals surface area (Å²) in [7, 11) is 1.65. The molecule has 1 aliphatic carbocycles. The number of aryl methyl sites for hydroxylation is 1. The summed E-state index contributed by atoms with van der Waals surface area (Å²) < 4.78 is 7.45. The maximum absolute atomic E-state index is 12.3. The van der Waals surface area contributed by atoms with Gasteiger partial charge in [0, 0.05) is 22.7 Å². The van der Waals surface area contributed by atoms with Gasteiger partial charge < -0.3 is 10.1 Å². The molecule has 0 atom stereocenters. The molecule has 0 saturated heterocycles. The number of thioether (sulfide) groups is 1. The number of hydrogen-bond donors (Lipinski definition) is 1. The van der Waals surface area contributed by atoms with Gasteiger partial charge in [0.15, 0.2) is 11.0 Å². The number of carbonyl (C=O) groups excluding carboxylic acids is 1. The highest BCUT2D eigenvalue weighted by molar-refractivity contribution is 7.98. The van der Waals surface area contributed by atoms with Crippen LogP contribution in [0.5, 0.6) is 5.75 Å². The molecular weight excluding hydrogens is 454 g/mol. The number of ether oxygens (including phenoxy) is 1. The van der Waals surface area contributed by atoms with Crippen molar-refractivity contribution in [3.63, 3.8) is 0 Å². The van der Waals surface area contributed by atoms with E-state index in [1.54, 1.807) is 18.9 Å². The average Bonchev–Trinajstić information content (AvgIpc) is 3.34. The van der Waals surface area contributed by atoms with E-state index in [0.717, 1.165) is 45.8 Å². The molecule has 168 valence electrons. The summed E-state index contributed by atoms with van der Waals surface area (Å²) in [6.07, 6.45) is 2.12. The van der Waals surface area contributed by atoms with Crippen molar-refractivity contribution in [1.82, 2.24) is 25.1 Å². The molecule has 1 amide bonds. The van der Waals surface area contributed by atoms with Crippen molar-refractivity contribution >= 4 is 29.0 Å². The standard InChI is InChI=1S/C24H23N5O2S2/c1-15-6-10-18(11-7-15)29-22(16-4-3-5-19(12-16)31-2)27-28-24(29)33-14-21-26-20(13-32-21)23(30)25-17-8-9-17/h3-7,10-13,17H,8-9,14H2,1-2H3,(H,25,30). The maximum Gasteiger partial charge on any atom is 0.270 e. The zero-order chi connectivity index (χ0) is 22.8. The van der Waals surface area contributed by atoms with Gasteiger partial charge in [-0.05, 0) is 44.0 Å². The van der Waals surface area contributed by atoms with Crippen LogP contribution < -0.4 is 10.1 Å². The molecule has 1 saturated carbocycles. The van der Waals surface area contributed by atoms with E-state index in [2.05, 4.69) is 51.7 Å². The van der Waals surface area contributed by atoms with Crippen LogP contribution in [-0.2, 0) is 5.75 Å². The van der Waals surface area contributed by atoms with Gasteiger partial charge in [-0.2, -0.15) is 0 Å². The Hall–Kier alpha value is -3.17. The second-order valence-electron chi connectivity index (χ2n) is 7.87. The van der Waals surface area contributed by atoms with Crippen LogP contribution in [0.3, 0.4) is 0 Å². The van der Waals surface area contributed by atoms with E-state index in [0.29, 0.717) is 17.5 Å². The third-order valence-electron chi connectivity index (χ3n) is 5.28. The largest absolute Gasteiger partial charge is 0.497 e. The number of hydrogen-bond acceptors (Lipinski definition) is 7. The maximum atomic E-state index is 12.3. The van der Waals surface area contributed by atoms with E-state index in [9.17, 15) is 4.79 Å². The van der Waals surface area contributed by atoms with E-state index in [-0.39, 0.29) is 5.91 Å². The van der Waals surface area contributed by atoms with Gasteiger partial charge in [-0.3, -0.25) is 9.36 Å². The predicted octanol–water partition coefficient (Wildman–Crippen LogP) is 4.89. The molecular formula is C24H23N5O2S2. The lowest BCUT2D eigenvalue weighted by Crippen LogP contribution is -2.25. The van der Waals surface area contributed by atoms with Crippen LogP contribution >= 0.6 is 23.1 Å². The fraction of sp³-hybridized carbons (Fsp3) is 0.250. The quantitative estimate of drug-likeness (QED) is 0.364. The van der Waals surface area contributed by atoms with Gasteiger partial charge >= 0.3 is 0 Å². The van der Waals surface area contributed by atoms with Crippen molar-refractivity contribution < 1.29 is 9.53 Å². The molecule has 0 bridgehead atoms. The molecule has 2 heterocycles. The number of benzene rings is 2. The SMILES string of the molecule is COc1cccc(-c2nnc(SCc3nc(C(=O)NC4CC4)cs3)n2-c2ccc(C)cc2)c1. The Labute approximate surface area is 200 Å². The molecule has 1 N–H and O–H groups in total. The number of rotatable bonds is 8. The first kappa shape index (κ1) is 21.7. The number of amides is 1. The summed E-state index contributed by atoms with van der Waals surface area (Å²) in [6, 6.07) is 16.4. The molecule has 1 aliphatic rings. The Morgan fingerprint density at radius 1 is 1.21 bits per heavy atom. The highest BCUT2D eigenvalue weighted by Crippen LogP contribution is 2.32. The molecule has 5 rings (SSSR count). The summed E-state index contributed by atoms with van der Waals surface area (Å²) in [6.45, 7) is 2.06. The fourth-order valence-electron chi connectivity index (χ4n) is 3.33. The Bertz CT molecular complexity index is 1280. The van der Waals surface area contributed by atoms with E-state index < -0.39 is 0 Å². The first-order valence-corrected chi connectivity index (χ1v) is 12.5. The lowest BCUT2D eigenvalue weighted by molar-refractivity contribution is 0.0946. The van der Waals surface area contributed by atoms with E-state index in [4.69, 9.17) is 4.74 Å². The Morgan fingerprint density at radius 3 is 2.79 bits per heavy atom. The van der Waals surface area contributed by atoms with Gasteiger partial charge in [0.1, 0.15) is 16.5 Å². The van der Waals surface area contributed by atoms with Crippen LogP contribution in [0.4, 0.5) is 0 Å². The molecule has 0 aliphatic heterocycles. The molecule has 0 spiro atoms. The summed E-state index contributed by atoms with van der Waals surface area (Å²) in [4.78, 5) is 16.8. The van der Waals surface area contributed by atoms with E-state index >= 15 is 0 Å². The van der Waals surface area contributed by atoms with Gasteiger partial charge in [-0.25, -0.2) is 4.98 Å². The number of thiazole rings is 1. The van der Waals surface area contributed by atoms with Crippen LogP contribution in [0.15, 0.2) is 59.1 Å². The lowest BCUT2D eigenvalue weighted by atomic mass is 10.2. The van der Waals surface area contributed by atoms with Gasteiger partial charge in [-0.15, -0.1) is 21.5 Å². The van der Waals surface area contributed by atoms with E-state index in [1.165, 1.54) is 16.9 Å². The first-order valence-electron chi connectivity index (χ1n) is 10.7. The topological polar surface area (TPSA) is 81.9 Å². The van der Waals surface area contributed by atoms with Crippen molar-refractivity contribution in [3.05, 3.63) is 70.2 Å². The van der Waals surface area contributed by atoms with Crippen LogP contribution in [-0.4, -0.2) is 38.8 Å². The Kier molecular flexibility index (Phi) is 6.15. The van der Waals surface area contributed by atoms with Crippen LogP contribution in [0.2, 0.25) is 0 Å². The molecule has 2 aromatic heterocycles. The van der Waals surface area contributed by atoms with Crippen LogP contribution in [0, 0.1) is 6.92 Å². The second-order valence-corrected chi connectivity index (χ2v) is 9.76. The third-order valence-corrected chi connectivity index (χ3v) is 7.25. The number of carbonyl (C=O) groups is 1. The molecule has 1 fully saturated rings. The average molecular weight is 478 g/mol. The lowest BCUT2D eigenvalue weighted by Gasteiger charge is -2.11. The van der Waals surface area contributed by atoms with Crippen molar-refractivity contribution in [2.45, 2.75) is 36.7 Å². The summed E-state index contributed by atoms with van der Waals surface area (Å²) in [5.41, 5.74) is 3.57. The zero-order valence-electron chi connectivity index (χ0n) is 18.3. The monoisotopic (exact) mass is 477 g/mol. The molecule has 0 radical (unpaired) electrons. The van der Waals surface area contributed by atoms with Crippen molar-refractivity contribution in [3.8, 4) is 22.8 Å². The minimum atomic E-state index is -0.0897. The second kappa shape index (κ2) is 9.36. The molecule has 2 aromatic carbocycles. The fourth-order valence-corrected chi connectivity index (χ4v) is 5.08. The van der Waals surface area contributed by atoms with Crippen LogP contribution in [0.25, 0.3) is 17.1 Å². The third kappa shape index (κ3) is 4.94. The molecule has 9 heteroatoms. The van der Waals surface area contributed by atoms with E-state index in [1.807, 2.05) is 34.2 Å². The highest BCUT2D eigenvalue weighted by atomic mass is 32.2. The summed E-state index contributed by atoms with van der Waals surface area (Å²) >= 11 is 3.04. The minimum absolute atomic E-state index is 0.0897. The van der Waals surface area contributed by atoms with Gasteiger partial charge in [0.05, 0.1) is 12.9 Å². The molecule has 4 aromatic rings. The number of nitrogens with zero attached hydrogens (tertiary/aromatic N) is 4. The van der Waals surface area contributed by atoms with Crippen molar-refractivity contribution in [2.24, 2.45) is 0 Å².